The van der Waals surface area contributed by atoms with Crippen LogP contribution in [0.2, 0.25) is 5.02 Å². The maximum absolute atomic E-state index is 13.0. The van der Waals surface area contributed by atoms with Gasteiger partial charge in [0.25, 0.3) is 0 Å². The summed E-state index contributed by atoms with van der Waals surface area (Å²) in [7, 11) is 0. The van der Waals surface area contributed by atoms with Gasteiger partial charge in [0.2, 0.25) is 5.16 Å². The van der Waals surface area contributed by atoms with Crippen LogP contribution < -0.4 is 0 Å². The molecule has 0 aliphatic heterocycles. The van der Waals surface area contributed by atoms with E-state index in [0.29, 0.717) is 15.7 Å². The fourth-order valence-corrected chi connectivity index (χ4v) is 3.07. The summed E-state index contributed by atoms with van der Waals surface area (Å²) >= 11 is 7.11. The molecule has 0 spiro atoms. The molecule has 2 aromatic carbocycles. The van der Waals surface area contributed by atoms with Crippen LogP contribution in [0, 0.1) is 5.82 Å². The number of hydrogen-bond donors (Lipinski definition) is 0. The van der Waals surface area contributed by atoms with Gasteiger partial charge in [-0.3, -0.25) is 4.79 Å². The predicted octanol–water partition coefficient (Wildman–Crippen LogP) is 3.82. The monoisotopic (exact) mass is 362 g/mol. The smallest absolute Gasteiger partial charge is 0.214 e. The summed E-state index contributed by atoms with van der Waals surface area (Å²) in [6.45, 7) is 1.76. The van der Waals surface area contributed by atoms with Gasteiger partial charge in [0.05, 0.1) is 10.9 Å². The molecule has 5 nitrogen and oxygen atoms in total. The van der Waals surface area contributed by atoms with Crippen molar-refractivity contribution < 1.29 is 9.18 Å². The minimum Gasteiger partial charge on any atom is -0.293 e. The van der Waals surface area contributed by atoms with E-state index in [1.54, 1.807) is 31.2 Å². The van der Waals surface area contributed by atoms with E-state index in [-0.39, 0.29) is 11.6 Å². The molecule has 3 rings (SSSR count). The van der Waals surface area contributed by atoms with Crippen LogP contribution in [0.5, 0.6) is 0 Å². The predicted molar refractivity (Wildman–Crippen MR) is 90.2 cm³/mol. The highest BCUT2D eigenvalue weighted by molar-refractivity contribution is 8.00. The molecule has 122 valence electrons. The van der Waals surface area contributed by atoms with E-state index < -0.39 is 5.25 Å². The van der Waals surface area contributed by atoms with E-state index in [2.05, 4.69) is 15.5 Å². The van der Waals surface area contributed by atoms with Gasteiger partial charge in [0.15, 0.2) is 5.78 Å². The fourth-order valence-electron chi connectivity index (χ4n) is 2.06. The van der Waals surface area contributed by atoms with E-state index in [4.69, 9.17) is 11.6 Å². The lowest BCUT2D eigenvalue weighted by Crippen LogP contribution is -2.14. The van der Waals surface area contributed by atoms with Crippen molar-refractivity contribution in [1.82, 2.24) is 20.2 Å². The van der Waals surface area contributed by atoms with Gasteiger partial charge in [-0.25, -0.2) is 4.39 Å². The van der Waals surface area contributed by atoms with Crippen LogP contribution in [-0.2, 0) is 0 Å². The number of ketones is 1. The van der Waals surface area contributed by atoms with Crippen molar-refractivity contribution in [3.05, 3.63) is 64.9 Å². The lowest BCUT2D eigenvalue weighted by Gasteiger charge is -2.10. The van der Waals surface area contributed by atoms with E-state index in [9.17, 15) is 9.18 Å². The molecule has 0 saturated heterocycles. The van der Waals surface area contributed by atoms with Gasteiger partial charge in [0.1, 0.15) is 5.82 Å². The quantitative estimate of drug-likeness (QED) is 0.510. The number of thioether (sulfide) groups is 1. The van der Waals surface area contributed by atoms with Crippen molar-refractivity contribution in [2.24, 2.45) is 0 Å². The molecule has 8 heteroatoms. The highest BCUT2D eigenvalue weighted by atomic mass is 35.5. The molecule has 0 aliphatic carbocycles. The Balaban J connectivity index is 1.79. The average Bonchev–Trinajstić information content (AvgIpc) is 3.03. The Kier molecular flexibility index (Phi) is 4.92. The molecular formula is C16H12ClFN4OS. The largest absolute Gasteiger partial charge is 0.293 e. The summed E-state index contributed by atoms with van der Waals surface area (Å²) in [6.07, 6.45) is 0. The fraction of sp³-hybridized carbons (Fsp3) is 0.125. The number of aromatic nitrogens is 4. The van der Waals surface area contributed by atoms with E-state index >= 15 is 0 Å². The minimum atomic E-state index is -0.424. The van der Waals surface area contributed by atoms with Crippen LogP contribution in [0.3, 0.4) is 0 Å². The van der Waals surface area contributed by atoms with Crippen LogP contribution in [-0.4, -0.2) is 31.2 Å². The Hall–Kier alpha value is -2.25. The van der Waals surface area contributed by atoms with E-state index in [1.807, 2.05) is 0 Å². The topological polar surface area (TPSA) is 60.7 Å². The molecule has 0 N–H and O–H groups in total. The van der Waals surface area contributed by atoms with Crippen molar-refractivity contribution in [2.45, 2.75) is 17.3 Å². The number of Topliss-reactive ketones (excluding diaryl/α,β-unsaturated/α-hetero) is 1. The van der Waals surface area contributed by atoms with Gasteiger partial charge >= 0.3 is 0 Å². The van der Waals surface area contributed by atoms with Crippen molar-refractivity contribution in [1.29, 1.82) is 0 Å². The van der Waals surface area contributed by atoms with Crippen LogP contribution in [0.15, 0.2) is 53.7 Å². The zero-order valence-electron chi connectivity index (χ0n) is 12.6. The highest BCUT2D eigenvalue weighted by Gasteiger charge is 2.20. The molecular weight excluding hydrogens is 351 g/mol. The number of nitrogens with zero attached hydrogens (tertiary/aromatic N) is 4. The first-order valence-corrected chi connectivity index (χ1v) is 8.31. The molecule has 0 radical (unpaired) electrons. The molecule has 1 aromatic heterocycles. The molecule has 0 aliphatic rings. The maximum atomic E-state index is 13.0. The number of carbonyl (C=O) groups is 1. The van der Waals surface area contributed by atoms with Crippen molar-refractivity contribution in [2.75, 3.05) is 0 Å². The van der Waals surface area contributed by atoms with Crippen molar-refractivity contribution in [3.8, 4) is 5.69 Å². The summed E-state index contributed by atoms with van der Waals surface area (Å²) in [6, 6.07) is 12.5. The van der Waals surface area contributed by atoms with E-state index in [0.717, 1.165) is 5.69 Å². The second-order valence-electron chi connectivity index (χ2n) is 4.98. The van der Waals surface area contributed by atoms with Crippen molar-refractivity contribution >= 4 is 29.1 Å². The Labute approximate surface area is 146 Å². The number of rotatable bonds is 5. The van der Waals surface area contributed by atoms with Gasteiger partial charge in [-0.2, -0.15) is 4.68 Å². The van der Waals surface area contributed by atoms with Gasteiger partial charge in [-0.05, 0) is 65.9 Å². The minimum absolute atomic E-state index is 0.120. The summed E-state index contributed by atoms with van der Waals surface area (Å²) in [5, 5.41) is 12.2. The molecule has 0 unspecified atom stereocenters. The van der Waals surface area contributed by atoms with Gasteiger partial charge in [0, 0.05) is 10.6 Å². The first-order valence-electron chi connectivity index (χ1n) is 7.05. The molecule has 1 heterocycles. The zero-order valence-corrected chi connectivity index (χ0v) is 14.1. The molecule has 3 aromatic rings. The molecule has 1 atom stereocenters. The molecule has 0 bridgehead atoms. The first-order chi connectivity index (χ1) is 11.5. The van der Waals surface area contributed by atoms with Crippen LogP contribution >= 0.6 is 23.4 Å². The second kappa shape index (κ2) is 7.11. The number of benzene rings is 2. The zero-order chi connectivity index (χ0) is 17.1. The summed E-state index contributed by atoms with van der Waals surface area (Å²) in [4.78, 5) is 12.4. The normalized spacial score (nSPS) is 12.1. The van der Waals surface area contributed by atoms with Crippen molar-refractivity contribution in [3.63, 3.8) is 0 Å². The van der Waals surface area contributed by atoms with Gasteiger partial charge < -0.3 is 0 Å². The number of hydrogen-bond acceptors (Lipinski definition) is 5. The highest BCUT2D eigenvalue weighted by Crippen LogP contribution is 2.25. The molecule has 0 fully saturated rings. The van der Waals surface area contributed by atoms with Gasteiger partial charge in [-0.1, -0.05) is 23.4 Å². The third-order valence-electron chi connectivity index (χ3n) is 3.29. The lowest BCUT2D eigenvalue weighted by atomic mass is 10.1. The van der Waals surface area contributed by atoms with Crippen LogP contribution in [0.1, 0.15) is 17.3 Å². The Morgan fingerprint density at radius 2 is 1.83 bits per heavy atom. The lowest BCUT2D eigenvalue weighted by molar-refractivity contribution is 0.0994. The third kappa shape index (κ3) is 3.63. The molecule has 0 amide bonds. The standard InChI is InChI=1S/C16H12ClFN4OS/c1-10(15(23)11-2-6-13(18)7-3-11)24-16-19-20-21-22(16)14-8-4-12(17)5-9-14/h2-10H,1H3/t10-/m1/s1. The first kappa shape index (κ1) is 16.6. The average molecular weight is 363 g/mol. The van der Waals surface area contributed by atoms with Gasteiger partial charge in [-0.15, -0.1) is 5.10 Å². The third-order valence-corrected chi connectivity index (χ3v) is 4.58. The summed E-state index contributed by atoms with van der Waals surface area (Å²) < 4.78 is 14.5. The second-order valence-corrected chi connectivity index (χ2v) is 6.73. The Morgan fingerprint density at radius 1 is 1.17 bits per heavy atom. The van der Waals surface area contributed by atoms with Crippen LogP contribution in [0.25, 0.3) is 5.69 Å². The maximum Gasteiger partial charge on any atom is 0.214 e. The summed E-state index contributed by atoms with van der Waals surface area (Å²) in [5.41, 5.74) is 1.19. The van der Waals surface area contributed by atoms with Crippen LogP contribution in [0.4, 0.5) is 4.39 Å². The SMILES string of the molecule is C[C@@H](Sc1nnnn1-c1ccc(Cl)cc1)C(=O)c1ccc(F)cc1. The molecule has 0 saturated carbocycles. The number of halogens is 2. The number of tetrazole rings is 1. The summed E-state index contributed by atoms with van der Waals surface area (Å²) in [5.74, 6) is -0.496. The number of carbonyl (C=O) groups excluding carboxylic acids is 1. The Morgan fingerprint density at radius 3 is 2.50 bits per heavy atom. The van der Waals surface area contributed by atoms with E-state index in [1.165, 1.54) is 40.7 Å². The molecule has 24 heavy (non-hydrogen) atoms. The Bertz CT molecular complexity index is 851.